The first-order valence-corrected chi connectivity index (χ1v) is 4.42. The molecule has 1 aliphatic carbocycles. The average Bonchev–Trinajstić information content (AvgIpc) is 2.78. The molecular weight excluding hydrogens is 170 g/mol. The molecule has 0 aliphatic heterocycles. The van der Waals surface area contributed by atoms with Crippen LogP contribution < -0.4 is 16.5 Å². The number of carboxylic acid groups (broad SMARTS) is 1. The van der Waals surface area contributed by atoms with Crippen LogP contribution >= 0.6 is 0 Å². The van der Waals surface area contributed by atoms with Gasteiger partial charge in [-0.3, -0.25) is 21.3 Å². The number of nitrogens with one attached hydrogen (secondary N) is 1. The summed E-state index contributed by atoms with van der Waals surface area (Å²) in [6.07, 6.45) is 3.13. The van der Waals surface area contributed by atoms with Gasteiger partial charge in [0.2, 0.25) is 0 Å². The van der Waals surface area contributed by atoms with Crippen molar-refractivity contribution in [2.75, 3.05) is 6.54 Å². The van der Waals surface area contributed by atoms with Gasteiger partial charge in [-0.15, -0.1) is 0 Å². The minimum atomic E-state index is -0.669. The van der Waals surface area contributed by atoms with Crippen LogP contribution in [0, 0.1) is 5.41 Å². The van der Waals surface area contributed by atoms with Crippen LogP contribution in [0.1, 0.15) is 25.7 Å². The molecule has 0 heterocycles. The molecule has 0 atom stereocenters. The van der Waals surface area contributed by atoms with E-state index in [1.54, 1.807) is 0 Å². The summed E-state index contributed by atoms with van der Waals surface area (Å²) in [7, 11) is 0. The lowest BCUT2D eigenvalue weighted by Gasteiger charge is -2.06. The largest absolute Gasteiger partial charge is 0.481 e. The van der Waals surface area contributed by atoms with Crippen molar-refractivity contribution in [3.8, 4) is 0 Å². The molecule has 0 bridgehead atoms. The second-order valence-electron chi connectivity index (χ2n) is 3.57. The Bertz CT molecular complexity index is 230. The highest BCUT2D eigenvalue weighted by molar-refractivity contribution is 5.77. The van der Waals surface area contributed by atoms with E-state index in [9.17, 15) is 4.79 Å². The van der Waals surface area contributed by atoms with Crippen molar-refractivity contribution >= 4 is 11.9 Å². The van der Waals surface area contributed by atoms with E-state index in [0.29, 0.717) is 13.0 Å². The van der Waals surface area contributed by atoms with E-state index >= 15 is 0 Å². The zero-order valence-corrected chi connectivity index (χ0v) is 7.55. The van der Waals surface area contributed by atoms with Crippen molar-refractivity contribution in [3.63, 3.8) is 0 Å². The van der Waals surface area contributed by atoms with Crippen molar-refractivity contribution < 1.29 is 14.9 Å². The summed E-state index contributed by atoms with van der Waals surface area (Å²) in [5, 5.41) is 8.84. The summed E-state index contributed by atoms with van der Waals surface area (Å²) in [6, 6.07) is 0. The van der Waals surface area contributed by atoms with Gasteiger partial charge in [0.15, 0.2) is 0 Å². The van der Waals surface area contributed by atoms with Gasteiger partial charge in [0.25, 0.3) is 0 Å². The third-order valence-electron chi connectivity index (χ3n) is 2.47. The zero-order valence-electron chi connectivity index (χ0n) is 7.55. The first-order chi connectivity index (χ1) is 6.07. The van der Waals surface area contributed by atoms with Gasteiger partial charge >= 0.3 is 11.9 Å². The monoisotopic (exact) mass is 186 g/mol. The van der Waals surface area contributed by atoms with Gasteiger partial charge in [0.05, 0.1) is 12.0 Å². The lowest BCUT2D eigenvalue weighted by molar-refractivity contribution is -0.460. The van der Waals surface area contributed by atoms with Crippen molar-refractivity contribution in [1.82, 2.24) is 0 Å². The Labute approximate surface area is 76.8 Å². The maximum Gasteiger partial charge on any atom is 0.338 e. The fraction of sp³-hybridized carbons (Fsp3) is 0.750. The molecule has 0 amide bonds. The number of carboxylic acids is 1. The van der Waals surface area contributed by atoms with Crippen LogP contribution in [0.3, 0.4) is 0 Å². The number of aliphatic carboxylic acids is 1. The minimum absolute atomic E-state index is 0.195. The van der Waals surface area contributed by atoms with Gasteiger partial charge in [-0.1, -0.05) is 0 Å². The number of rotatable bonds is 5. The first-order valence-electron chi connectivity index (χ1n) is 4.42. The van der Waals surface area contributed by atoms with E-state index in [1.807, 2.05) is 0 Å². The molecule has 1 aliphatic rings. The van der Waals surface area contributed by atoms with Gasteiger partial charge in [0.1, 0.15) is 0 Å². The zero-order chi connectivity index (χ0) is 9.90. The summed E-state index contributed by atoms with van der Waals surface area (Å²) in [5.74, 6) is -0.475. The smallest absolute Gasteiger partial charge is 0.338 e. The predicted octanol–water partition coefficient (Wildman–Crippen LogP) is -2.01. The van der Waals surface area contributed by atoms with E-state index in [1.165, 1.54) is 0 Å². The second-order valence-corrected chi connectivity index (χ2v) is 3.57. The Morgan fingerprint density at radius 2 is 2.08 bits per heavy atom. The molecule has 5 heteroatoms. The Morgan fingerprint density at radius 3 is 2.46 bits per heavy atom. The van der Waals surface area contributed by atoms with Gasteiger partial charge in [-0.05, 0) is 25.7 Å². The second kappa shape index (κ2) is 3.64. The molecule has 0 spiro atoms. The molecule has 74 valence electrons. The van der Waals surface area contributed by atoms with Gasteiger partial charge in [-0.25, -0.2) is 0 Å². The summed E-state index contributed by atoms with van der Waals surface area (Å²) in [6.45, 7) is 0.650. The third-order valence-corrected chi connectivity index (χ3v) is 2.47. The molecule has 6 N–H and O–H groups in total. The molecule has 0 unspecified atom stereocenters. The van der Waals surface area contributed by atoms with Gasteiger partial charge in [0, 0.05) is 0 Å². The molecule has 1 saturated carbocycles. The van der Waals surface area contributed by atoms with Crippen LogP contribution in [0.15, 0.2) is 0 Å². The molecule has 13 heavy (non-hydrogen) atoms. The van der Waals surface area contributed by atoms with Crippen LogP contribution in [0.4, 0.5) is 0 Å². The summed E-state index contributed by atoms with van der Waals surface area (Å²) >= 11 is 0. The highest BCUT2D eigenvalue weighted by Gasteiger charge is 2.49. The fourth-order valence-corrected chi connectivity index (χ4v) is 1.38. The van der Waals surface area contributed by atoms with E-state index in [4.69, 9.17) is 16.6 Å². The molecule has 0 aromatic carbocycles. The quantitative estimate of drug-likeness (QED) is 0.226. The summed E-state index contributed by atoms with van der Waals surface area (Å²) in [4.78, 5) is 13.5. The van der Waals surface area contributed by atoms with Crippen LogP contribution in [-0.4, -0.2) is 23.6 Å². The van der Waals surface area contributed by atoms with E-state index in [2.05, 4.69) is 4.99 Å². The normalized spacial score (nSPS) is 17.8. The maximum absolute atomic E-state index is 10.7. The number of nitrogens with two attached hydrogens (primary N) is 2. The predicted molar refractivity (Wildman–Crippen MR) is 47.7 cm³/mol. The highest BCUT2D eigenvalue weighted by Crippen LogP contribution is 2.49. The summed E-state index contributed by atoms with van der Waals surface area (Å²) < 4.78 is 0. The van der Waals surface area contributed by atoms with E-state index in [0.717, 1.165) is 19.3 Å². The Balaban J connectivity index is 2.20. The number of hydrogen-bond donors (Lipinski definition) is 4. The van der Waals surface area contributed by atoms with Crippen LogP contribution in [0.2, 0.25) is 0 Å². The van der Waals surface area contributed by atoms with Crippen molar-refractivity contribution in [1.29, 1.82) is 0 Å². The van der Waals surface area contributed by atoms with E-state index in [-0.39, 0.29) is 5.96 Å². The molecular formula is C8H16N3O2+. The summed E-state index contributed by atoms with van der Waals surface area (Å²) in [5.41, 5.74) is 9.94. The molecule has 0 saturated heterocycles. The highest BCUT2D eigenvalue weighted by atomic mass is 16.4. The van der Waals surface area contributed by atoms with Crippen molar-refractivity contribution in [2.24, 2.45) is 16.9 Å². The van der Waals surface area contributed by atoms with Gasteiger partial charge in [-0.2, -0.15) is 0 Å². The van der Waals surface area contributed by atoms with Crippen LogP contribution in [0.5, 0.6) is 0 Å². The molecule has 0 radical (unpaired) electrons. The molecule has 1 fully saturated rings. The topological polar surface area (TPSA) is 103 Å². The SMILES string of the molecule is NC(N)=[NH+]CCCC1(C(=O)O)CC1. The number of carbonyl (C=O) groups is 1. The molecule has 0 aromatic heterocycles. The maximum atomic E-state index is 10.7. The Morgan fingerprint density at radius 1 is 1.46 bits per heavy atom. The van der Waals surface area contributed by atoms with E-state index < -0.39 is 11.4 Å². The third kappa shape index (κ3) is 2.61. The molecule has 0 aromatic rings. The Kier molecular flexibility index (Phi) is 2.75. The van der Waals surface area contributed by atoms with Gasteiger partial charge < -0.3 is 5.11 Å². The van der Waals surface area contributed by atoms with Crippen LogP contribution in [0.25, 0.3) is 0 Å². The average molecular weight is 186 g/mol. The number of guanidine groups is 1. The molecule has 5 nitrogen and oxygen atoms in total. The molecule has 1 rings (SSSR count). The first kappa shape index (κ1) is 9.83. The Hall–Kier alpha value is -1.26. The van der Waals surface area contributed by atoms with Crippen molar-refractivity contribution in [3.05, 3.63) is 0 Å². The lowest BCUT2D eigenvalue weighted by atomic mass is 10.0. The number of hydrogen-bond acceptors (Lipinski definition) is 1. The lowest BCUT2D eigenvalue weighted by Crippen LogP contribution is -2.78. The van der Waals surface area contributed by atoms with Crippen LogP contribution in [-0.2, 0) is 4.79 Å². The fourth-order valence-electron chi connectivity index (χ4n) is 1.38. The standard InChI is InChI=1S/C8H15N3O2/c9-7(10)11-5-1-2-8(3-4-8)6(12)13/h1-5H2,(H,12,13)(H4,9,10,11)/p+1. The minimum Gasteiger partial charge on any atom is -0.481 e. The van der Waals surface area contributed by atoms with Crippen molar-refractivity contribution in [2.45, 2.75) is 25.7 Å².